The van der Waals surface area contributed by atoms with Gasteiger partial charge < -0.3 is 10.6 Å². The molecule has 6 nitrogen and oxygen atoms in total. The van der Waals surface area contributed by atoms with Crippen molar-refractivity contribution in [3.8, 4) is 0 Å². The lowest BCUT2D eigenvalue weighted by Crippen LogP contribution is -2.63. The molecule has 188 valence electrons. The Hall–Kier alpha value is -4.16. The molecule has 2 aromatic carbocycles. The summed E-state index contributed by atoms with van der Waals surface area (Å²) in [5.41, 5.74) is 0.619. The molecule has 0 aliphatic heterocycles. The van der Waals surface area contributed by atoms with E-state index in [9.17, 15) is 9.59 Å². The van der Waals surface area contributed by atoms with Crippen molar-refractivity contribution in [3.63, 3.8) is 0 Å². The molecule has 0 saturated heterocycles. The molecule has 4 aromatic rings. The Balaban J connectivity index is 1.74. The Morgan fingerprint density at radius 3 is 2.00 bits per heavy atom. The number of Topliss-reactive ketones (excluding diaryl/α,β-unsaturated/α-hetero) is 1. The first kappa shape index (κ1) is 25.9. The van der Waals surface area contributed by atoms with E-state index >= 15 is 0 Å². The number of aromatic nitrogens is 2. The van der Waals surface area contributed by atoms with Gasteiger partial charge in [-0.1, -0.05) is 72.8 Å². The van der Waals surface area contributed by atoms with E-state index in [0.29, 0.717) is 30.8 Å². The van der Waals surface area contributed by atoms with Crippen LogP contribution in [-0.4, -0.2) is 33.7 Å². The van der Waals surface area contributed by atoms with E-state index in [2.05, 4.69) is 20.6 Å². The zero-order valence-corrected chi connectivity index (χ0v) is 21.2. The van der Waals surface area contributed by atoms with Crippen molar-refractivity contribution in [1.29, 1.82) is 0 Å². The molecule has 6 heteroatoms. The van der Waals surface area contributed by atoms with Crippen LogP contribution in [0, 0.1) is 0 Å². The Bertz CT molecular complexity index is 1300. The van der Waals surface area contributed by atoms with Crippen LogP contribution in [0.25, 0.3) is 0 Å². The van der Waals surface area contributed by atoms with E-state index < -0.39 is 11.0 Å². The lowest BCUT2D eigenvalue weighted by molar-refractivity contribution is 0.0700. The predicted octanol–water partition coefficient (Wildman–Crippen LogP) is 4.99. The molecule has 2 aromatic heterocycles. The van der Waals surface area contributed by atoms with Gasteiger partial charge in [0.2, 0.25) is 0 Å². The average molecular weight is 493 g/mol. The molecule has 0 radical (unpaired) electrons. The number of pyridine rings is 2. The normalized spacial score (nSPS) is 12.9. The fourth-order valence-corrected chi connectivity index (χ4v) is 4.85. The van der Waals surface area contributed by atoms with E-state index in [1.54, 1.807) is 30.6 Å². The molecule has 0 aliphatic rings. The van der Waals surface area contributed by atoms with Gasteiger partial charge in [0.15, 0.2) is 5.78 Å². The Morgan fingerprint density at radius 2 is 1.38 bits per heavy atom. The third-order valence-corrected chi connectivity index (χ3v) is 6.79. The van der Waals surface area contributed by atoms with Crippen LogP contribution in [0.5, 0.6) is 0 Å². The van der Waals surface area contributed by atoms with Crippen LogP contribution in [0.3, 0.4) is 0 Å². The summed E-state index contributed by atoms with van der Waals surface area (Å²) in [6, 6.07) is 30.0. The fourth-order valence-electron chi connectivity index (χ4n) is 4.85. The number of hydrogen-bond acceptors (Lipinski definition) is 5. The number of rotatable bonds is 11. The van der Waals surface area contributed by atoms with Gasteiger partial charge in [-0.15, -0.1) is 0 Å². The second-order valence-electron chi connectivity index (χ2n) is 9.51. The zero-order valence-electron chi connectivity index (χ0n) is 21.2. The maximum atomic E-state index is 14.5. The largest absolute Gasteiger partial charge is 0.344 e. The number of benzene rings is 2. The molecule has 1 unspecified atom stereocenters. The molecular weight excluding hydrogens is 460 g/mol. The molecule has 2 N–H and O–H groups in total. The van der Waals surface area contributed by atoms with Crippen LogP contribution in [0.4, 0.5) is 0 Å². The fraction of sp³-hybridized carbons (Fsp3) is 0.226. The Labute approximate surface area is 218 Å². The number of carbonyl (C=O) groups is 2. The first-order valence-electron chi connectivity index (χ1n) is 12.4. The summed E-state index contributed by atoms with van der Waals surface area (Å²) in [6.45, 7) is 4.94. The summed E-state index contributed by atoms with van der Waals surface area (Å²) in [5.74, 6) is -0.376. The first-order valence-corrected chi connectivity index (χ1v) is 12.4. The minimum absolute atomic E-state index is 0.0507. The maximum absolute atomic E-state index is 14.5. The third kappa shape index (κ3) is 5.81. The van der Waals surface area contributed by atoms with E-state index in [-0.39, 0.29) is 11.7 Å². The zero-order chi connectivity index (χ0) is 26.1. The minimum atomic E-state index is -1.07. The van der Waals surface area contributed by atoms with E-state index in [0.717, 1.165) is 11.3 Å². The van der Waals surface area contributed by atoms with Crippen molar-refractivity contribution in [3.05, 3.63) is 132 Å². The van der Waals surface area contributed by atoms with Crippen LogP contribution in [0.2, 0.25) is 0 Å². The molecule has 0 saturated carbocycles. The van der Waals surface area contributed by atoms with Gasteiger partial charge in [-0.05, 0) is 56.6 Å². The molecule has 0 aliphatic carbocycles. The van der Waals surface area contributed by atoms with E-state index in [1.807, 2.05) is 92.7 Å². The summed E-state index contributed by atoms with van der Waals surface area (Å²) in [7, 11) is 0. The smallest absolute Gasteiger partial charge is 0.270 e. The van der Waals surface area contributed by atoms with Crippen molar-refractivity contribution >= 4 is 11.7 Å². The van der Waals surface area contributed by atoms with Gasteiger partial charge in [0, 0.05) is 24.5 Å². The summed E-state index contributed by atoms with van der Waals surface area (Å²) in [4.78, 5) is 36.4. The Morgan fingerprint density at radius 1 is 0.757 bits per heavy atom. The van der Waals surface area contributed by atoms with Gasteiger partial charge in [0.1, 0.15) is 5.69 Å². The molecular formula is C31H32N4O2. The SMILES string of the molecule is CC(C)(NC(=O)c1ccccn1)C(CCNCc1ccccn1)(C(=O)c1ccccc1)c1ccccc1. The molecule has 4 rings (SSSR count). The van der Waals surface area contributed by atoms with Gasteiger partial charge in [-0.3, -0.25) is 19.6 Å². The highest BCUT2D eigenvalue weighted by Crippen LogP contribution is 2.42. The summed E-state index contributed by atoms with van der Waals surface area (Å²) < 4.78 is 0. The van der Waals surface area contributed by atoms with Crippen LogP contribution in [-0.2, 0) is 12.0 Å². The number of hydrogen-bond donors (Lipinski definition) is 2. The highest BCUT2D eigenvalue weighted by Gasteiger charge is 2.52. The lowest BCUT2D eigenvalue weighted by Gasteiger charge is -2.47. The van der Waals surface area contributed by atoms with Crippen molar-refractivity contribution in [2.75, 3.05) is 6.54 Å². The molecule has 2 heterocycles. The molecule has 1 amide bonds. The molecule has 37 heavy (non-hydrogen) atoms. The number of amides is 1. The standard InChI is InChI=1S/C31H32N4O2/c1-30(2,35-29(37)27-18-10-12-21-34-27)31(25-15-7-4-8-16-25,28(36)24-13-5-3-6-14-24)19-22-32-23-26-17-9-11-20-33-26/h3-18,20-21,32H,19,22-23H2,1-2H3,(H,35,37). The van der Waals surface area contributed by atoms with Crippen molar-refractivity contribution in [2.24, 2.45) is 0 Å². The van der Waals surface area contributed by atoms with Gasteiger partial charge in [0.25, 0.3) is 5.91 Å². The summed E-state index contributed by atoms with van der Waals surface area (Å²) in [5, 5.41) is 6.61. The predicted molar refractivity (Wildman–Crippen MR) is 145 cm³/mol. The van der Waals surface area contributed by atoms with Gasteiger partial charge in [0.05, 0.1) is 16.6 Å². The van der Waals surface area contributed by atoms with E-state index in [1.165, 1.54) is 0 Å². The maximum Gasteiger partial charge on any atom is 0.270 e. The highest BCUT2D eigenvalue weighted by molar-refractivity contribution is 6.06. The van der Waals surface area contributed by atoms with Crippen LogP contribution < -0.4 is 10.6 Å². The van der Waals surface area contributed by atoms with Crippen molar-refractivity contribution < 1.29 is 9.59 Å². The van der Waals surface area contributed by atoms with Crippen LogP contribution in [0.1, 0.15) is 52.4 Å². The molecule has 0 bridgehead atoms. The highest BCUT2D eigenvalue weighted by atomic mass is 16.2. The molecule has 1 atom stereocenters. The number of nitrogens with zero attached hydrogens (tertiary/aromatic N) is 2. The average Bonchev–Trinajstić information content (AvgIpc) is 2.94. The van der Waals surface area contributed by atoms with Crippen molar-refractivity contribution in [1.82, 2.24) is 20.6 Å². The number of ketones is 1. The van der Waals surface area contributed by atoms with Crippen molar-refractivity contribution in [2.45, 2.75) is 37.8 Å². The summed E-state index contributed by atoms with van der Waals surface area (Å²) in [6.07, 6.45) is 3.80. The minimum Gasteiger partial charge on any atom is -0.344 e. The first-order chi connectivity index (χ1) is 17.9. The Kier molecular flexibility index (Phi) is 8.21. The number of nitrogens with one attached hydrogen (secondary N) is 2. The second kappa shape index (κ2) is 11.7. The lowest BCUT2D eigenvalue weighted by atomic mass is 9.60. The van der Waals surface area contributed by atoms with E-state index in [4.69, 9.17) is 0 Å². The van der Waals surface area contributed by atoms with Gasteiger partial charge in [-0.2, -0.15) is 0 Å². The monoisotopic (exact) mass is 492 g/mol. The van der Waals surface area contributed by atoms with Crippen LogP contribution >= 0.6 is 0 Å². The van der Waals surface area contributed by atoms with Gasteiger partial charge in [-0.25, -0.2) is 0 Å². The quantitative estimate of drug-likeness (QED) is 0.228. The second-order valence-corrected chi connectivity index (χ2v) is 9.51. The number of carbonyl (C=O) groups excluding carboxylic acids is 2. The molecule has 0 spiro atoms. The summed E-state index contributed by atoms with van der Waals surface area (Å²) >= 11 is 0. The van der Waals surface area contributed by atoms with Crippen LogP contribution in [0.15, 0.2) is 109 Å². The topological polar surface area (TPSA) is 84.0 Å². The molecule has 0 fully saturated rings. The third-order valence-electron chi connectivity index (χ3n) is 6.79. The van der Waals surface area contributed by atoms with Gasteiger partial charge >= 0.3 is 0 Å².